The van der Waals surface area contributed by atoms with E-state index in [-0.39, 0.29) is 30.8 Å². The zero-order chi connectivity index (χ0) is 19.6. The SMILES string of the molecule is O=C(CCNC(=O)c1ccc([N+](=O)[O-])cc1)OCCSc1ccc(Cl)cc1. The Kier molecular flexibility index (Phi) is 8.09. The van der Waals surface area contributed by atoms with E-state index >= 15 is 0 Å². The fourth-order valence-corrected chi connectivity index (χ4v) is 2.89. The first-order chi connectivity index (χ1) is 13.0. The number of nitrogens with zero attached hydrogens (tertiary/aromatic N) is 1. The van der Waals surface area contributed by atoms with Crippen LogP contribution in [-0.2, 0) is 9.53 Å². The molecule has 0 bridgehead atoms. The van der Waals surface area contributed by atoms with Crippen molar-refractivity contribution in [3.63, 3.8) is 0 Å². The predicted octanol–water partition coefficient (Wildman–Crippen LogP) is 3.70. The van der Waals surface area contributed by atoms with E-state index in [1.807, 2.05) is 12.1 Å². The number of carbonyl (C=O) groups is 2. The highest BCUT2D eigenvalue weighted by atomic mass is 35.5. The summed E-state index contributed by atoms with van der Waals surface area (Å²) in [5.41, 5.74) is 0.194. The highest BCUT2D eigenvalue weighted by Gasteiger charge is 2.10. The molecule has 142 valence electrons. The highest BCUT2D eigenvalue weighted by molar-refractivity contribution is 7.99. The van der Waals surface area contributed by atoms with E-state index in [1.54, 1.807) is 23.9 Å². The minimum Gasteiger partial charge on any atom is -0.465 e. The van der Waals surface area contributed by atoms with Gasteiger partial charge in [-0.2, -0.15) is 0 Å². The molecular formula is C18H17ClN2O5S. The van der Waals surface area contributed by atoms with Crippen LogP contribution in [-0.4, -0.2) is 35.7 Å². The molecule has 0 atom stereocenters. The van der Waals surface area contributed by atoms with Crippen LogP contribution in [0.15, 0.2) is 53.4 Å². The van der Waals surface area contributed by atoms with Gasteiger partial charge >= 0.3 is 5.97 Å². The summed E-state index contributed by atoms with van der Waals surface area (Å²) in [5.74, 6) is -0.200. The second-order valence-corrected chi connectivity index (χ2v) is 6.94. The fraction of sp³-hybridized carbons (Fsp3) is 0.222. The smallest absolute Gasteiger partial charge is 0.307 e. The lowest BCUT2D eigenvalue weighted by molar-refractivity contribution is -0.384. The van der Waals surface area contributed by atoms with Gasteiger partial charge in [0.2, 0.25) is 0 Å². The number of hydrogen-bond acceptors (Lipinski definition) is 6. The van der Waals surface area contributed by atoms with E-state index in [0.29, 0.717) is 10.8 Å². The van der Waals surface area contributed by atoms with Gasteiger partial charge in [-0.3, -0.25) is 19.7 Å². The molecule has 0 fully saturated rings. The van der Waals surface area contributed by atoms with E-state index in [4.69, 9.17) is 16.3 Å². The number of benzene rings is 2. The van der Waals surface area contributed by atoms with Gasteiger partial charge in [-0.25, -0.2) is 0 Å². The molecule has 1 amide bonds. The molecule has 9 heteroatoms. The third-order valence-corrected chi connectivity index (χ3v) is 4.61. The van der Waals surface area contributed by atoms with Crippen LogP contribution in [0.25, 0.3) is 0 Å². The Bertz CT molecular complexity index is 796. The number of thioether (sulfide) groups is 1. The fourth-order valence-electron chi connectivity index (χ4n) is 2.03. The molecule has 2 aromatic carbocycles. The number of nitro benzene ring substituents is 1. The Balaban J connectivity index is 1.61. The molecule has 0 unspecified atom stereocenters. The van der Waals surface area contributed by atoms with Gasteiger partial charge in [0.1, 0.15) is 6.61 Å². The molecule has 7 nitrogen and oxygen atoms in total. The van der Waals surface area contributed by atoms with Gasteiger partial charge in [0.05, 0.1) is 11.3 Å². The van der Waals surface area contributed by atoms with Gasteiger partial charge < -0.3 is 10.1 Å². The molecule has 0 saturated heterocycles. The molecule has 0 aliphatic heterocycles. The van der Waals surface area contributed by atoms with Crippen molar-refractivity contribution >= 4 is 40.9 Å². The number of carbonyl (C=O) groups excluding carboxylic acids is 2. The number of amides is 1. The molecule has 27 heavy (non-hydrogen) atoms. The Morgan fingerprint density at radius 1 is 1.11 bits per heavy atom. The van der Waals surface area contributed by atoms with Crippen LogP contribution in [0, 0.1) is 10.1 Å². The van der Waals surface area contributed by atoms with Crippen molar-refractivity contribution in [2.45, 2.75) is 11.3 Å². The summed E-state index contributed by atoms with van der Waals surface area (Å²) in [7, 11) is 0. The van der Waals surface area contributed by atoms with Crippen molar-refractivity contribution in [1.29, 1.82) is 0 Å². The topological polar surface area (TPSA) is 98.5 Å². The second-order valence-electron chi connectivity index (χ2n) is 5.33. The van der Waals surface area contributed by atoms with Crippen LogP contribution in [0.3, 0.4) is 0 Å². The largest absolute Gasteiger partial charge is 0.465 e. The van der Waals surface area contributed by atoms with Gasteiger partial charge in [0, 0.05) is 39.9 Å². The molecule has 2 aromatic rings. The maximum atomic E-state index is 11.9. The Morgan fingerprint density at radius 3 is 2.41 bits per heavy atom. The van der Waals surface area contributed by atoms with Crippen LogP contribution in [0.5, 0.6) is 0 Å². The number of nitro groups is 1. The van der Waals surface area contributed by atoms with Crippen molar-refractivity contribution in [2.75, 3.05) is 18.9 Å². The summed E-state index contributed by atoms with van der Waals surface area (Å²) in [6.07, 6.45) is 0.0460. The van der Waals surface area contributed by atoms with E-state index in [0.717, 1.165) is 4.90 Å². The van der Waals surface area contributed by atoms with E-state index in [9.17, 15) is 19.7 Å². The Morgan fingerprint density at radius 2 is 1.78 bits per heavy atom. The van der Waals surface area contributed by atoms with Crippen LogP contribution < -0.4 is 5.32 Å². The maximum Gasteiger partial charge on any atom is 0.307 e. The minimum atomic E-state index is -0.539. The second kappa shape index (κ2) is 10.5. The molecule has 0 saturated carbocycles. The number of nitrogens with one attached hydrogen (secondary N) is 1. The number of ether oxygens (including phenoxy) is 1. The summed E-state index contributed by atoms with van der Waals surface area (Å²) in [6.45, 7) is 0.390. The molecule has 0 aliphatic rings. The summed E-state index contributed by atoms with van der Waals surface area (Å²) in [6, 6.07) is 12.6. The quantitative estimate of drug-likeness (QED) is 0.223. The average molecular weight is 409 g/mol. The Labute approximate surface area is 165 Å². The van der Waals surface area contributed by atoms with Crippen molar-refractivity contribution < 1.29 is 19.2 Å². The van der Waals surface area contributed by atoms with Crippen molar-refractivity contribution in [2.24, 2.45) is 0 Å². The van der Waals surface area contributed by atoms with Gasteiger partial charge in [0.25, 0.3) is 11.6 Å². The van der Waals surface area contributed by atoms with E-state index in [2.05, 4.69) is 5.32 Å². The van der Waals surface area contributed by atoms with Gasteiger partial charge in [-0.15, -0.1) is 11.8 Å². The molecule has 0 spiro atoms. The normalized spacial score (nSPS) is 10.3. The first-order valence-corrected chi connectivity index (χ1v) is 9.38. The Hall–Kier alpha value is -2.58. The zero-order valence-corrected chi connectivity index (χ0v) is 15.8. The van der Waals surface area contributed by atoms with Crippen molar-refractivity contribution in [1.82, 2.24) is 5.32 Å². The summed E-state index contributed by atoms with van der Waals surface area (Å²) < 4.78 is 5.10. The van der Waals surface area contributed by atoms with Gasteiger partial charge in [-0.05, 0) is 36.4 Å². The van der Waals surface area contributed by atoms with Crippen LogP contribution >= 0.6 is 23.4 Å². The van der Waals surface area contributed by atoms with Crippen molar-refractivity contribution in [3.05, 3.63) is 69.2 Å². The minimum absolute atomic E-state index is 0.0460. The predicted molar refractivity (Wildman–Crippen MR) is 103 cm³/mol. The van der Waals surface area contributed by atoms with Crippen LogP contribution in [0.1, 0.15) is 16.8 Å². The number of halogens is 1. The summed E-state index contributed by atoms with van der Waals surface area (Å²) >= 11 is 7.36. The molecule has 0 radical (unpaired) electrons. The molecular weight excluding hydrogens is 392 g/mol. The summed E-state index contributed by atoms with van der Waals surface area (Å²) in [5, 5.41) is 13.8. The number of esters is 1. The number of non-ortho nitro benzene ring substituents is 1. The lowest BCUT2D eigenvalue weighted by Crippen LogP contribution is -2.26. The third kappa shape index (κ3) is 7.28. The number of hydrogen-bond donors (Lipinski definition) is 1. The van der Waals surface area contributed by atoms with Crippen LogP contribution in [0.4, 0.5) is 5.69 Å². The first kappa shape index (κ1) is 20.7. The van der Waals surface area contributed by atoms with E-state index < -0.39 is 16.8 Å². The monoisotopic (exact) mass is 408 g/mol. The molecule has 1 N–H and O–H groups in total. The first-order valence-electron chi connectivity index (χ1n) is 8.02. The zero-order valence-electron chi connectivity index (χ0n) is 14.2. The molecule has 0 aromatic heterocycles. The third-order valence-electron chi connectivity index (χ3n) is 3.38. The highest BCUT2D eigenvalue weighted by Crippen LogP contribution is 2.20. The van der Waals surface area contributed by atoms with Gasteiger partial charge in [-0.1, -0.05) is 11.6 Å². The van der Waals surface area contributed by atoms with Crippen molar-refractivity contribution in [3.8, 4) is 0 Å². The molecule has 0 aliphatic carbocycles. The lowest BCUT2D eigenvalue weighted by Gasteiger charge is -2.07. The van der Waals surface area contributed by atoms with Crippen LogP contribution in [0.2, 0.25) is 5.02 Å². The van der Waals surface area contributed by atoms with Gasteiger partial charge in [0.15, 0.2) is 0 Å². The maximum absolute atomic E-state index is 11.9. The lowest BCUT2D eigenvalue weighted by atomic mass is 10.2. The van der Waals surface area contributed by atoms with E-state index in [1.165, 1.54) is 24.3 Å². The average Bonchev–Trinajstić information content (AvgIpc) is 2.66. The molecule has 0 heterocycles. The number of rotatable bonds is 9. The summed E-state index contributed by atoms with van der Waals surface area (Å²) in [4.78, 5) is 34.6. The standard InChI is InChI=1S/C18H17ClN2O5S/c19-14-3-7-16(8-4-14)27-12-11-26-17(22)9-10-20-18(23)13-1-5-15(6-2-13)21(24)25/h1-8H,9-12H2,(H,20,23). The molecule has 2 rings (SSSR count).